The highest BCUT2D eigenvalue weighted by atomic mass is 32.1. The summed E-state index contributed by atoms with van der Waals surface area (Å²) in [6.45, 7) is 7.98. The first kappa shape index (κ1) is 15.4. The Kier molecular flexibility index (Phi) is 5.67. The lowest BCUT2D eigenvalue weighted by Gasteiger charge is -2.17. The zero-order valence-electron chi connectivity index (χ0n) is 13.4. The standard InChI is InChI=1S/C17H29N3S/c1-2-9-18-12-15-17(14-7-8-14)19-16(21-15)13-20-10-5-3-4-6-11-20/h14,18H,2-13H2,1H3. The van der Waals surface area contributed by atoms with Gasteiger partial charge in [0.1, 0.15) is 5.01 Å². The van der Waals surface area contributed by atoms with Gasteiger partial charge in [0.2, 0.25) is 0 Å². The largest absolute Gasteiger partial charge is 0.312 e. The van der Waals surface area contributed by atoms with Crippen molar-refractivity contribution in [3.8, 4) is 0 Å². The van der Waals surface area contributed by atoms with Crippen LogP contribution in [0, 0.1) is 0 Å². The first-order valence-corrected chi connectivity index (χ1v) is 9.60. The fourth-order valence-corrected chi connectivity index (χ4v) is 4.31. The summed E-state index contributed by atoms with van der Waals surface area (Å²) in [5.74, 6) is 0.776. The molecule has 0 atom stereocenters. The van der Waals surface area contributed by atoms with Crippen LogP contribution in [0.3, 0.4) is 0 Å². The molecule has 1 aromatic heterocycles. The van der Waals surface area contributed by atoms with E-state index in [4.69, 9.17) is 4.98 Å². The minimum absolute atomic E-state index is 0.776. The first-order chi connectivity index (χ1) is 10.4. The van der Waals surface area contributed by atoms with E-state index in [1.807, 2.05) is 11.3 Å². The number of likely N-dealkylation sites (tertiary alicyclic amines) is 1. The number of aromatic nitrogens is 1. The van der Waals surface area contributed by atoms with Crippen LogP contribution in [0.4, 0.5) is 0 Å². The quantitative estimate of drug-likeness (QED) is 0.775. The van der Waals surface area contributed by atoms with Crippen LogP contribution in [0.25, 0.3) is 0 Å². The molecule has 3 rings (SSSR count). The molecule has 2 aliphatic rings. The van der Waals surface area contributed by atoms with Crippen LogP contribution in [0.2, 0.25) is 0 Å². The maximum atomic E-state index is 5.01. The molecule has 2 fully saturated rings. The molecule has 0 radical (unpaired) electrons. The van der Waals surface area contributed by atoms with Crippen LogP contribution < -0.4 is 5.32 Å². The van der Waals surface area contributed by atoms with E-state index in [0.717, 1.165) is 25.6 Å². The maximum absolute atomic E-state index is 5.01. The molecule has 0 amide bonds. The molecule has 2 heterocycles. The Hall–Kier alpha value is -0.450. The Morgan fingerprint density at radius 2 is 1.95 bits per heavy atom. The monoisotopic (exact) mass is 307 g/mol. The van der Waals surface area contributed by atoms with Crippen molar-refractivity contribution in [1.82, 2.24) is 15.2 Å². The summed E-state index contributed by atoms with van der Waals surface area (Å²) in [5, 5.41) is 4.91. The van der Waals surface area contributed by atoms with Gasteiger partial charge in [0.15, 0.2) is 0 Å². The topological polar surface area (TPSA) is 28.2 Å². The van der Waals surface area contributed by atoms with Crippen LogP contribution in [-0.2, 0) is 13.1 Å². The highest BCUT2D eigenvalue weighted by Gasteiger charge is 2.29. The zero-order valence-corrected chi connectivity index (χ0v) is 14.2. The van der Waals surface area contributed by atoms with Gasteiger partial charge in [-0.1, -0.05) is 19.8 Å². The smallest absolute Gasteiger partial charge is 0.107 e. The van der Waals surface area contributed by atoms with E-state index in [2.05, 4.69) is 17.1 Å². The molecule has 118 valence electrons. The van der Waals surface area contributed by atoms with Gasteiger partial charge in [0.05, 0.1) is 12.2 Å². The van der Waals surface area contributed by atoms with Crippen molar-refractivity contribution in [2.45, 2.75) is 70.9 Å². The molecule has 0 unspecified atom stereocenters. The van der Waals surface area contributed by atoms with Gasteiger partial charge in [-0.15, -0.1) is 11.3 Å². The van der Waals surface area contributed by atoms with Gasteiger partial charge in [-0.05, 0) is 51.7 Å². The molecule has 3 nitrogen and oxygen atoms in total. The van der Waals surface area contributed by atoms with Crippen molar-refractivity contribution < 1.29 is 0 Å². The zero-order chi connectivity index (χ0) is 14.5. The van der Waals surface area contributed by atoms with E-state index < -0.39 is 0 Å². The third-order valence-electron chi connectivity index (χ3n) is 4.51. The summed E-state index contributed by atoms with van der Waals surface area (Å²) >= 11 is 1.96. The normalized spacial score (nSPS) is 20.6. The van der Waals surface area contributed by atoms with Gasteiger partial charge in [0.25, 0.3) is 0 Å². The summed E-state index contributed by atoms with van der Waals surface area (Å²) in [5.41, 5.74) is 1.42. The van der Waals surface area contributed by atoms with Crippen LogP contribution >= 0.6 is 11.3 Å². The Morgan fingerprint density at radius 3 is 2.62 bits per heavy atom. The third-order valence-corrected chi connectivity index (χ3v) is 5.56. The van der Waals surface area contributed by atoms with Crippen molar-refractivity contribution in [1.29, 1.82) is 0 Å². The van der Waals surface area contributed by atoms with E-state index in [9.17, 15) is 0 Å². The van der Waals surface area contributed by atoms with Crippen LogP contribution in [-0.4, -0.2) is 29.5 Å². The lowest BCUT2D eigenvalue weighted by atomic mass is 10.2. The van der Waals surface area contributed by atoms with Crippen LogP contribution in [0.15, 0.2) is 0 Å². The minimum atomic E-state index is 0.776. The molecule has 4 heteroatoms. The maximum Gasteiger partial charge on any atom is 0.107 e. The molecule has 0 spiro atoms. The lowest BCUT2D eigenvalue weighted by Crippen LogP contribution is -2.23. The van der Waals surface area contributed by atoms with E-state index in [-0.39, 0.29) is 0 Å². The molecule has 1 aliphatic carbocycles. The van der Waals surface area contributed by atoms with Crippen molar-refractivity contribution in [2.75, 3.05) is 19.6 Å². The highest BCUT2D eigenvalue weighted by Crippen LogP contribution is 2.42. The Bertz CT molecular complexity index is 431. The number of hydrogen-bond acceptors (Lipinski definition) is 4. The van der Waals surface area contributed by atoms with E-state index in [0.29, 0.717) is 0 Å². The van der Waals surface area contributed by atoms with Gasteiger partial charge in [-0.2, -0.15) is 0 Å². The average molecular weight is 308 g/mol. The fourth-order valence-electron chi connectivity index (χ4n) is 3.15. The lowest BCUT2D eigenvalue weighted by molar-refractivity contribution is 0.276. The molecule has 1 saturated heterocycles. The fraction of sp³-hybridized carbons (Fsp3) is 0.824. The number of nitrogens with one attached hydrogen (secondary N) is 1. The van der Waals surface area contributed by atoms with Crippen LogP contribution in [0.5, 0.6) is 0 Å². The summed E-state index contributed by atoms with van der Waals surface area (Å²) < 4.78 is 0. The van der Waals surface area contributed by atoms with Gasteiger partial charge < -0.3 is 5.32 Å². The minimum Gasteiger partial charge on any atom is -0.312 e. The van der Waals surface area contributed by atoms with Crippen molar-refractivity contribution >= 4 is 11.3 Å². The molecule has 1 aliphatic heterocycles. The predicted molar refractivity (Wildman–Crippen MR) is 89.8 cm³/mol. The van der Waals surface area contributed by atoms with E-state index in [1.165, 1.54) is 73.6 Å². The second kappa shape index (κ2) is 7.70. The van der Waals surface area contributed by atoms with Gasteiger partial charge in [-0.3, -0.25) is 4.90 Å². The average Bonchev–Trinajstić information content (AvgIpc) is 3.27. The summed E-state index contributed by atoms with van der Waals surface area (Å²) in [6.07, 6.45) is 9.47. The summed E-state index contributed by atoms with van der Waals surface area (Å²) in [7, 11) is 0. The van der Waals surface area contributed by atoms with Crippen molar-refractivity contribution in [3.05, 3.63) is 15.6 Å². The molecule has 1 N–H and O–H groups in total. The second-order valence-electron chi connectivity index (χ2n) is 6.56. The van der Waals surface area contributed by atoms with Crippen LogP contribution in [0.1, 0.15) is 73.4 Å². The molecule has 1 aromatic rings. The molecular formula is C17H29N3S. The van der Waals surface area contributed by atoms with Crippen molar-refractivity contribution in [2.24, 2.45) is 0 Å². The number of nitrogens with zero attached hydrogens (tertiary/aromatic N) is 2. The van der Waals surface area contributed by atoms with Gasteiger partial charge >= 0.3 is 0 Å². The Morgan fingerprint density at radius 1 is 1.19 bits per heavy atom. The SMILES string of the molecule is CCCNCc1sc(CN2CCCCCC2)nc1C1CC1. The predicted octanol–water partition coefficient (Wildman–Crippen LogP) is 3.90. The highest BCUT2D eigenvalue weighted by molar-refractivity contribution is 7.11. The molecule has 1 saturated carbocycles. The summed E-state index contributed by atoms with van der Waals surface area (Å²) in [4.78, 5) is 9.14. The van der Waals surface area contributed by atoms with Gasteiger partial charge in [-0.25, -0.2) is 4.98 Å². The van der Waals surface area contributed by atoms with Crippen molar-refractivity contribution in [3.63, 3.8) is 0 Å². The number of thiazole rings is 1. The molecular weight excluding hydrogens is 278 g/mol. The first-order valence-electron chi connectivity index (χ1n) is 8.78. The summed E-state index contributed by atoms with van der Waals surface area (Å²) in [6, 6.07) is 0. The van der Waals surface area contributed by atoms with E-state index in [1.54, 1.807) is 0 Å². The second-order valence-corrected chi connectivity index (χ2v) is 7.73. The number of hydrogen-bond donors (Lipinski definition) is 1. The molecule has 0 aromatic carbocycles. The van der Waals surface area contributed by atoms with Gasteiger partial charge in [0, 0.05) is 17.3 Å². The Balaban J connectivity index is 1.62. The number of rotatable bonds is 7. The Labute approximate surface area is 133 Å². The molecule has 21 heavy (non-hydrogen) atoms. The van der Waals surface area contributed by atoms with E-state index >= 15 is 0 Å². The third kappa shape index (κ3) is 4.51. The molecule has 0 bridgehead atoms.